The van der Waals surface area contributed by atoms with Crippen LogP contribution in [0.3, 0.4) is 0 Å². The highest BCUT2D eigenvalue weighted by molar-refractivity contribution is 7.90. The molecule has 0 saturated heterocycles. The molecule has 124 valence electrons. The van der Waals surface area contributed by atoms with Gasteiger partial charge in [0, 0.05) is 43.8 Å². The van der Waals surface area contributed by atoms with E-state index in [1.807, 2.05) is 6.20 Å². The molecule has 3 aromatic rings. The monoisotopic (exact) mass is 342 g/mol. The zero-order valence-corrected chi connectivity index (χ0v) is 14.2. The number of rotatable bonds is 3. The average Bonchev–Trinajstić information content (AvgIpc) is 3.01. The predicted molar refractivity (Wildman–Crippen MR) is 91.3 cm³/mol. The Labute approximate surface area is 140 Å². The van der Waals surface area contributed by atoms with Crippen molar-refractivity contribution in [1.29, 1.82) is 0 Å². The summed E-state index contributed by atoms with van der Waals surface area (Å²) in [5.74, 6) is 0. The molecule has 1 aliphatic rings. The van der Waals surface area contributed by atoms with Crippen LogP contribution in [-0.4, -0.2) is 41.1 Å². The Balaban J connectivity index is 1.56. The third-order valence-corrected chi connectivity index (χ3v) is 5.22. The number of nitrogens with one attached hydrogen (secondary N) is 1. The SMILES string of the molecule is CS(=O)(=O)c1ncc2c(n1)CN(Cc1ccc3cc[nH]c3c1)CC2. The second-order valence-corrected chi connectivity index (χ2v) is 8.17. The first kappa shape index (κ1) is 15.3. The lowest BCUT2D eigenvalue weighted by atomic mass is 10.1. The molecule has 6 nitrogen and oxygen atoms in total. The van der Waals surface area contributed by atoms with Gasteiger partial charge in [0.25, 0.3) is 0 Å². The first-order chi connectivity index (χ1) is 11.5. The van der Waals surface area contributed by atoms with E-state index in [1.54, 1.807) is 6.20 Å². The molecule has 2 aromatic heterocycles. The quantitative estimate of drug-likeness (QED) is 0.736. The van der Waals surface area contributed by atoms with Gasteiger partial charge in [0.15, 0.2) is 0 Å². The molecule has 0 fully saturated rings. The molecule has 4 rings (SSSR count). The fourth-order valence-corrected chi connectivity index (χ4v) is 3.62. The molecule has 3 heterocycles. The Kier molecular flexibility index (Phi) is 3.62. The Morgan fingerprint density at radius 1 is 1.29 bits per heavy atom. The Bertz CT molecular complexity index is 1010. The van der Waals surface area contributed by atoms with Gasteiger partial charge in [-0.15, -0.1) is 0 Å². The Morgan fingerprint density at radius 2 is 2.17 bits per heavy atom. The topological polar surface area (TPSA) is 79.0 Å². The minimum absolute atomic E-state index is 0.0871. The fraction of sp³-hybridized carbons (Fsp3) is 0.294. The number of aromatic nitrogens is 3. The molecule has 7 heteroatoms. The summed E-state index contributed by atoms with van der Waals surface area (Å²) in [7, 11) is -3.38. The van der Waals surface area contributed by atoms with Crippen LogP contribution in [0.1, 0.15) is 16.8 Å². The van der Waals surface area contributed by atoms with Gasteiger partial charge in [-0.2, -0.15) is 0 Å². The summed E-state index contributed by atoms with van der Waals surface area (Å²) in [6, 6.07) is 8.46. The van der Waals surface area contributed by atoms with Crippen molar-refractivity contribution in [1.82, 2.24) is 19.9 Å². The van der Waals surface area contributed by atoms with Gasteiger partial charge in [-0.05, 0) is 35.1 Å². The van der Waals surface area contributed by atoms with E-state index < -0.39 is 9.84 Å². The van der Waals surface area contributed by atoms with Crippen molar-refractivity contribution in [2.45, 2.75) is 24.7 Å². The summed E-state index contributed by atoms with van der Waals surface area (Å²) in [6.45, 7) is 2.37. The molecule has 0 spiro atoms. The first-order valence-electron chi connectivity index (χ1n) is 7.82. The van der Waals surface area contributed by atoms with Gasteiger partial charge in [0.05, 0.1) is 5.69 Å². The minimum atomic E-state index is -3.38. The maximum absolute atomic E-state index is 11.6. The number of hydrogen-bond donors (Lipinski definition) is 1. The van der Waals surface area contributed by atoms with E-state index in [0.717, 1.165) is 42.5 Å². The van der Waals surface area contributed by atoms with E-state index in [0.29, 0.717) is 6.54 Å². The summed E-state index contributed by atoms with van der Waals surface area (Å²) >= 11 is 0. The minimum Gasteiger partial charge on any atom is -0.361 e. The number of hydrogen-bond acceptors (Lipinski definition) is 5. The van der Waals surface area contributed by atoms with Crippen LogP contribution in [0.25, 0.3) is 10.9 Å². The van der Waals surface area contributed by atoms with Crippen LogP contribution in [0.2, 0.25) is 0 Å². The summed E-state index contributed by atoms with van der Waals surface area (Å²) < 4.78 is 23.3. The van der Waals surface area contributed by atoms with Gasteiger partial charge in [-0.1, -0.05) is 12.1 Å². The van der Waals surface area contributed by atoms with Crippen LogP contribution in [0.5, 0.6) is 0 Å². The number of fused-ring (bicyclic) bond motifs is 2. The van der Waals surface area contributed by atoms with Crippen LogP contribution < -0.4 is 0 Å². The van der Waals surface area contributed by atoms with Gasteiger partial charge in [0.2, 0.25) is 15.0 Å². The van der Waals surface area contributed by atoms with E-state index in [4.69, 9.17) is 0 Å². The molecule has 1 aliphatic heterocycles. The fourth-order valence-electron chi connectivity index (χ4n) is 3.10. The second kappa shape index (κ2) is 5.68. The molecular weight excluding hydrogens is 324 g/mol. The smallest absolute Gasteiger partial charge is 0.247 e. The highest BCUT2D eigenvalue weighted by Crippen LogP contribution is 2.21. The van der Waals surface area contributed by atoms with Crippen LogP contribution in [0.4, 0.5) is 0 Å². The van der Waals surface area contributed by atoms with Gasteiger partial charge < -0.3 is 4.98 Å². The highest BCUT2D eigenvalue weighted by Gasteiger charge is 2.21. The molecule has 0 radical (unpaired) electrons. The summed E-state index contributed by atoms with van der Waals surface area (Å²) in [5.41, 5.74) is 4.22. The molecule has 0 atom stereocenters. The summed E-state index contributed by atoms with van der Waals surface area (Å²) in [5, 5.41) is 1.11. The average molecular weight is 342 g/mol. The molecule has 0 unspecified atom stereocenters. The molecular formula is C17H18N4O2S. The third-order valence-electron chi connectivity index (χ3n) is 4.36. The van der Waals surface area contributed by atoms with Gasteiger partial charge in [0.1, 0.15) is 0 Å². The van der Waals surface area contributed by atoms with E-state index in [-0.39, 0.29) is 5.16 Å². The standard InChI is InChI=1S/C17H18N4O2S/c1-24(22,23)17-19-9-14-5-7-21(11-16(14)20-17)10-12-2-3-13-4-6-18-15(13)8-12/h2-4,6,8-9,18H,5,7,10-11H2,1H3. The van der Waals surface area contributed by atoms with Crippen molar-refractivity contribution in [3.05, 3.63) is 53.5 Å². The zero-order valence-electron chi connectivity index (χ0n) is 13.4. The van der Waals surface area contributed by atoms with Crippen molar-refractivity contribution >= 4 is 20.7 Å². The Hall–Kier alpha value is -2.25. The van der Waals surface area contributed by atoms with Crippen molar-refractivity contribution < 1.29 is 8.42 Å². The normalized spacial score (nSPS) is 15.5. The first-order valence-corrected chi connectivity index (χ1v) is 9.71. The van der Waals surface area contributed by atoms with E-state index >= 15 is 0 Å². The van der Waals surface area contributed by atoms with Crippen LogP contribution in [0.15, 0.2) is 41.8 Å². The van der Waals surface area contributed by atoms with Crippen LogP contribution in [0, 0.1) is 0 Å². The number of benzene rings is 1. The second-order valence-electron chi connectivity index (χ2n) is 6.26. The van der Waals surface area contributed by atoms with E-state index in [9.17, 15) is 8.42 Å². The predicted octanol–water partition coefficient (Wildman–Crippen LogP) is 1.92. The van der Waals surface area contributed by atoms with Crippen LogP contribution in [-0.2, 0) is 29.3 Å². The summed E-state index contributed by atoms with van der Waals surface area (Å²) in [6.07, 6.45) is 5.57. The molecule has 0 bridgehead atoms. The number of H-pyrrole nitrogens is 1. The number of nitrogens with zero attached hydrogens (tertiary/aromatic N) is 3. The highest BCUT2D eigenvalue weighted by atomic mass is 32.2. The third kappa shape index (κ3) is 2.92. The Morgan fingerprint density at radius 3 is 3.00 bits per heavy atom. The lowest BCUT2D eigenvalue weighted by Crippen LogP contribution is -2.31. The molecule has 1 aromatic carbocycles. The van der Waals surface area contributed by atoms with Crippen molar-refractivity contribution in [3.63, 3.8) is 0 Å². The van der Waals surface area contributed by atoms with E-state index in [2.05, 4.69) is 44.1 Å². The summed E-state index contributed by atoms with van der Waals surface area (Å²) in [4.78, 5) is 13.8. The number of sulfone groups is 1. The van der Waals surface area contributed by atoms with E-state index in [1.165, 1.54) is 10.9 Å². The van der Waals surface area contributed by atoms with Crippen molar-refractivity contribution in [2.24, 2.45) is 0 Å². The van der Waals surface area contributed by atoms with Crippen LogP contribution >= 0.6 is 0 Å². The molecule has 0 amide bonds. The van der Waals surface area contributed by atoms with Crippen molar-refractivity contribution in [2.75, 3.05) is 12.8 Å². The van der Waals surface area contributed by atoms with Crippen molar-refractivity contribution in [3.8, 4) is 0 Å². The largest absolute Gasteiger partial charge is 0.361 e. The van der Waals surface area contributed by atoms with Gasteiger partial charge >= 0.3 is 0 Å². The number of aromatic amines is 1. The van der Waals surface area contributed by atoms with Gasteiger partial charge in [-0.25, -0.2) is 18.4 Å². The maximum Gasteiger partial charge on any atom is 0.247 e. The molecule has 24 heavy (non-hydrogen) atoms. The zero-order chi connectivity index (χ0) is 16.7. The molecule has 1 N–H and O–H groups in total. The lowest BCUT2D eigenvalue weighted by Gasteiger charge is -2.27. The lowest BCUT2D eigenvalue weighted by molar-refractivity contribution is 0.240. The molecule has 0 saturated carbocycles. The maximum atomic E-state index is 11.6. The van der Waals surface area contributed by atoms with Gasteiger partial charge in [-0.3, -0.25) is 4.90 Å². The molecule has 0 aliphatic carbocycles.